The largest absolute Gasteiger partial charge is 0.497 e. The number of benzene rings is 3. The average molecular weight is 302 g/mol. The minimum atomic E-state index is -0.305. The molecule has 0 atom stereocenters. The van der Waals surface area contributed by atoms with Gasteiger partial charge in [0.15, 0.2) is 0 Å². The molecule has 0 spiro atoms. The monoisotopic (exact) mass is 302 g/mol. The van der Waals surface area contributed by atoms with Gasteiger partial charge in [0.1, 0.15) is 11.5 Å². The summed E-state index contributed by atoms with van der Waals surface area (Å²) in [7, 11) is 1.66. The van der Waals surface area contributed by atoms with Crippen molar-refractivity contribution in [3.05, 3.63) is 71.8 Å². The quantitative estimate of drug-likeness (QED) is 0.402. The Hall–Kier alpha value is -3.07. The highest BCUT2D eigenvalue weighted by atomic mass is 16.5. The zero-order valence-corrected chi connectivity index (χ0v) is 12.6. The fourth-order valence-corrected chi connectivity index (χ4v) is 2.81. The molecule has 1 aliphatic rings. The van der Waals surface area contributed by atoms with Crippen LogP contribution >= 0.6 is 0 Å². The van der Waals surface area contributed by atoms with Crippen molar-refractivity contribution in [3.8, 4) is 11.5 Å². The Morgan fingerprint density at radius 1 is 0.957 bits per heavy atom. The number of fused-ring (bicyclic) bond motifs is 2. The van der Waals surface area contributed by atoms with Crippen LogP contribution in [0.1, 0.15) is 11.1 Å². The van der Waals surface area contributed by atoms with Crippen molar-refractivity contribution in [2.45, 2.75) is 0 Å². The molecule has 23 heavy (non-hydrogen) atoms. The molecule has 1 aliphatic heterocycles. The Kier molecular flexibility index (Phi) is 3.12. The Morgan fingerprint density at radius 2 is 1.74 bits per heavy atom. The summed E-state index contributed by atoms with van der Waals surface area (Å²) in [6.07, 6.45) is 1.87. The zero-order chi connectivity index (χ0) is 15.8. The van der Waals surface area contributed by atoms with Gasteiger partial charge in [0, 0.05) is 5.56 Å². The van der Waals surface area contributed by atoms with Crippen LogP contribution in [0.25, 0.3) is 22.4 Å². The molecule has 3 nitrogen and oxygen atoms in total. The summed E-state index contributed by atoms with van der Waals surface area (Å²) in [4.78, 5) is 12.1. The van der Waals surface area contributed by atoms with Gasteiger partial charge in [0.25, 0.3) is 0 Å². The van der Waals surface area contributed by atoms with Crippen LogP contribution in [-0.4, -0.2) is 13.1 Å². The molecule has 3 aromatic carbocycles. The van der Waals surface area contributed by atoms with Gasteiger partial charge in [-0.2, -0.15) is 0 Å². The summed E-state index contributed by atoms with van der Waals surface area (Å²) in [6, 6.07) is 19.5. The molecular weight excluding hydrogens is 288 g/mol. The van der Waals surface area contributed by atoms with Crippen molar-refractivity contribution in [2.75, 3.05) is 7.11 Å². The van der Waals surface area contributed by atoms with Crippen LogP contribution in [0.2, 0.25) is 0 Å². The number of rotatable bonds is 2. The van der Waals surface area contributed by atoms with E-state index in [1.807, 2.05) is 54.6 Å². The Morgan fingerprint density at radius 3 is 2.61 bits per heavy atom. The van der Waals surface area contributed by atoms with E-state index in [1.165, 1.54) is 0 Å². The van der Waals surface area contributed by atoms with E-state index < -0.39 is 0 Å². The Labute approximate surface area is 133 Å². The molecule has 3 aromatic rings. The van der Waals surface area contributed by atoms with Crippen molar-refractivity contribution in [1.29, 1.82) is 0 Å². The van der Waals surface area contributed by atoms with E-state index in [0.29, 0.717) is 11.3 Å². The molecule has 1 heterocycles. The lowest BCUT2D eigenvalue weighted by Gasteiger charge is -2.04. The first-order valence-electron chi connectivity index (χ1n) is 7.36. The molecule has 0 radical (unpaired) electrons. The third-order valence-electron chi connectivity index (χ3n) is 3.98. The molecule has 0 unspecified atom stereocenters. The molecule has 0 amide bonds. The average Bonchev–Trinajstić information content (AvgIpc) is 2.90. The maximum atomic E-state index is 12.1. The fraction of sp³-hybridized carbons (Fsp3) is 0.0500. The third kappa shape index (κ3) is 2.36. The van der Waals surface area contributed by atoms with Crippen LogP contribution in [0.15, 0.2) is 60.7 Å². The first kappa shape index (κ1) is 13.6. The van der Waals surface area contributed by atoms with Gasteiger partial charge >= 0.3 is 5.97 Å². The highest BCUT2D eigenvalue weighted by Gasteiger charge is 2.26. The zero-order valence-electron chi connectivity index (χ0n) is 12.6. The highest BCUT2D eigenvalue weighted by Crippen LogP contribution is 2.35. The van der Waals surface area contributed by atoms with Crippen LogP contribution in [0.4, 0.5) is 0 Å². The summed E-state index contributed by atoms with van der Waals surface area (Å²) in [5, 5.41) is 2.20. The van der Waals surface area contributed by atoms with Crippen molar-refractivity contribution in [1.82, 2.24) is 0 Å². The lowest BCUT2D eigenvalue weighted by molar-refractivity contribution is -0.126. The first-order valence-corrected chi connectivity index (χ1v) is 7.36. The van der Waals surface area contributed by atoms with Crippen LogP contribution in [0.3, 0.4) is 0 Å². The number of hydrogen-bond donors (Lipinski definition) is 0. The number of hydrogen-bond acceptors (Lipinski definition) is 3. The number of esters is 1. The van der Waals surface area contributed by atoms with Crippen LogP contribution in [0, 0.1) is 0 Å². The maximum absolute atomic E-state index is 12.1. The minimum Gasteiger partial charge on any atom is -0.497 e. The lowest BCUT2D eigenvalue weighted by atomic mass is 10.0. The second-order valence-corrected chi connectivity index (χ2v) is 5.42. The molecule has 0 fully saturated rings. The molecule has 4 rings (SSSR count). The van der Waals surface area contributed by atoms with E-state index >= 15 is 0 Å². The molecule has 0 saturated heterocycles. The van der Waals surface area contributed by atoms with Crippen LogP contribution in [-0.2, 0) is 4.79 Å². The van der Waals surface area contributed by atoms with E-state index in [4.69, 9.17) is 9.47 Å². The number of carbonyl (C=O) groups excluding carboxylic acids is 1. The number of methoxy groups -OCH3 is 1. The van der Waals surface area contributed by atoms with Gasteiger partial charge in [0.2, 0.25) is 0 Å². The fourth-order valence-electron chi connectivity index (χ4n) is 2.81. The number of para-hydroxylation sites is 1. The molecule has 0 N–H and O–H groups in total. The third-order valence-corrected chi connectivity index (χ3v) is 3.98. The Bertz CT molecular complexity index is 954. The summed E-state index contributed by atoms with van der Waals surface area (Å²) >= 11 is 0. The van der Waals surface area contributed by atoms with E-state index in [2.05, 4.69) is 6.07 Å². The van der Waals surface area contributed by atoms with Gasteiger partial charge in [-0.3, -0.25) is 0 Å². The molecule has 0 aromatic heterocycles. The first-order chi connectivity index (χ1) is 11.2. The van der Waals surface area contributed by atoms with E-state index in [9.17, 15) is 4.79 Å². The van der Waals surface area contributed by atoms with E-state index in [0.717, 1.165) is 27.6 Å². The van der Waals surface area contributed by atoms with Crippen molar-refractivity contribution >= 4 is 28.4 Å². The molecule has 0 aliphatic carbocycles. The topological polar surface area (TPSA) is 35.5 Å². The summed E-state index contributed by atoms with van der Waals surface area (Å²) < 4.78 is 10.5. The van der Waals surface area contributed by atoms with Crippen LogP contribution < -0.4 is 9.47 Å². The summed E-state index contributed by atoms with van der Waals surface area (Å²) in [5.41, 5.74) is 2.40. The lowest BCUT2D eigenvalue weighted by Crippen LogP contribution is -2.00. The van der Waals surface area contributed by atoms with Gasteiger partial charge in [-0.1, -0.05) is 36.4 Å². The molecule has 3 heteroatoms. The van der Waals surface area contributed by atoms with Gasteiger partial charge in [-0.05, 0) is 46.7 Å². The smallest absolute Gasteiger partial charge is 0.344 e. The minimum absolute atomic E-state index is 0.305. The molecule has 112 valence electrons. The highest BCUT2D eigenvalue weighted by molar-refractivity contribution is 6.26. The van der Waals surface area contributed by atoms with Gasteiger partial charge in [0.05, 0.1) is 12.7 Å². The molecule has 0 bridgehead atoms. The standard InChI is InChI=1S/C20H14O3/c1-22-16-9-8-14-10-13(6-7-15(14)12-16)11-18-17-4-2-3-5-19(17)23-20(18)21/h2-12H,1H3/b18-11-. The second-order valence-electron chi connectivity index (χ2n) is 5.42. The van der Waals surface area contributed by atoms with Gasteiger partial charge in [-0.25, -0.2) is 4.79 Å². The number of carbonyl (C=O) groups is 1. The summed E-state index contributed by atoms with van der Waals surface area (Å²) in [6.45, 7) is 0. The molecule has 0 saturated carbocycles. The van der Waals surface area contributed by atoms with E-state index in [1.54, 1.807) is 13.2 Å². The SMILES string of the molecule is COc1ccc2cc(/C=C3\C(=O)Oc4ccccc43)ccc2c1. The predicted molar refractivity (Wildman–Crippen MR) is 90.4 cm³/mol. The van der Waals surface area contributed by atoms with Crippen molar-refractivity contribution in [2.24, 2.45) is 0 Å². The normalized spacial score (nSPS) is 14.8. The number of ether oxygens (including phenoxy) is 2. The van der Waals surface area contributed by atoms with Crippen LogP contribution in [0.5, 0.6) is 11.5 Å². The van der Waals surface area contributed by atoms with E-state index in [-0.39, 0.29) is 5.97 Å². The van der Waals surface area contributed by atoms with Crippen molar-refractivity contribution in [3.63, 3.8) is 0 Å². The van der Waals surface area contributed by atoms with Gasteiger partial charge in [-0.15, -0.1) is 0 Å². The molecular formula is C20H14O3. The van der Waals surface area contributed by atoms with Gasteiger partial charge < -0.3 is 9.47 Å². The second kappa shape index (κ2) is 5.29. The Balaban J connectivity index is 1.79. The summed E-state index contributed by atoms with van der Waals surface area (Å²) in [5.74, 6) is 1.15. The maximum Gasteiger partial charge on any atom is 0.344 e. The predicted octanol–water partition coefficient (Wildman–Crippen LogP) is 4.31. The van der Waals surface area contributed by atoms with Crippen molar-refractivity contribution < 1.29 is 14.3 Å².